The van der Waals surface area contributed by atoms with Gasteiger partial charge >= 0.3 is 5.97 Å². The zero-order valence-corrected chi connectivity index (χ0v) is 18.7. The Hall–Kier alpha value is -0.970. The molecule has 0 radical (unpaired) electrons. The minimum atomic E-state index is -0.944. The monoisotopic (exact) mass is 429 g/mol. The third-order valence-electron chi connectivity index (χ3n) is 6.33. The van der Waals surface area contributed by atoms with Crippen LogP contribution in [0.5, 0.6) is 5.75 Å². The van der Waals surface area contributed by atoms with Crippen molar-refractivity contribution < 1.29 is 14.6 Å². The first-order chi connectivity index (χ1) is 12.8. The third-order valence-corrected chi connectivity index (χ3v) is 6.55. The average Bonchev–Trinajstić information content (AvgIpc) is 2.63. The van der Waals surface area contributed by atoms with E-state index in [0.29, 0.717) is 11.4 Å². The first-order valence-electron chi connectivity index (χ1n) is 10.3. The summed E-state index contributed by atoms with van der Waals surface area (Å²) in [7, 11) is 0. The van der Waals surface area contributed by atoms with Crippen LogP contribution < -0.4 is 10.1 Å². The summed E-state index contributed by atoms with van der Waals surface area (Å²) < 4.78 is 6.39. The number of carboxylic acid groups (broad SMARTS) is 1. The zero-order chi connectivity index (χ0) is 19.7. The summed E-state index contributed by atoms with van der Waals surface area (Å²) in [6, 6.07) is 3.82. The maximum Gasteiger partial charge on any atom is 0.314 e. The Balaban J connectivity index is 0.00000280. The number of carboxylic acids is 1. The summed E-state index contributed by atoms with van der Waals surface area (Å²) in [5.74, 6) is 0.117. The van der Waals surface area contributed by atoms with Crippen molar-refractivity contribution in [2.24, 2.45) is 5.92 Å². The number of carbonyl (C=O) groups is 1. The zero-order valence-electron chi connectivity index (χ0n) is 17.1. The molecule has 1 atom stereocenters. The molecule has 4 nitrogen and oxygen atoms in total. The van der Waals surface area contributed by atoms with E-state index in [1.165, 1.54) is 0 Å². The van der Waals surface area contributed by atoms with Crippen molar-refractivity contribution in [3.05, 3.63) is 28.3 Å². The summed E-state index contributed by atoms with van der Waals surface area (Å²) in [4.78, 5) is 12.9. The standard InChI is InChI=1S/C22H32ClNO3.ClH/c1-4-5-9-22(20(25)26,16-7-11-24-12-8-16)18-14-17(23)13-15-6-10-21(2,3)27-19(15)18;/h13-14,16,24H,4-12H2,1-3H3,(H,25,26);1H. The number of aryl methyl sites for hydroxylation is 1. The molecule has 0 aromatic heterocycles. The van der Waals surface area contributed by atoms with E-state index in [1.54, 1.807) is 0 Å². The SMILES string of the molecule is CCCCC(C(=O)O)(c1cc(Cl)cc2c1OC(C)(C)CC2)C1CCNCC1.Cl. The lowest BCUT2D eigenvalue weighted by Gasteiger charge is -2.43. The molecule has 28 heavy (non-hydrogen) atoms. The number of fused-ring (bicyclic) bond motifs is 1. The number of nitrogens with one attached hydrogen (secondary N) is 1. The van der Waals surface area contributed by atoms with Gasteiger partial charge in [-0.1, -0.05) is 31.4 Å². The molecule has 0 spiro atoms. The molecule has 6 heteroatoms. The van der Waals surface area contributed by atoms with Crippen LogP contribution in [0.2, 0.25) is 5.02 Å². The third kappa shape index (κ3) is 4.44. The second kappa shape index (κ2) is 9.23. The van der Waals surface area contributed by atoms with E-state index in [4.69, 9.17) is 16.3 Å². The number of ether oxygens (including phenoxy) is 1. The van der Waals surface area contributed by atoms with E-state index >= 15 is 0 Å². The summed E-state index contributed by atoms with van der Waals surface area (Å²) in [5.41, 5.74) is 0.609. The molecular formula is C22H33Cl2NO3. The van der Waals surface area contributed by atoms with Crippen LogP contribution in [0.25, 0.3) is 0 Å². The molecule has 2 heterocycles. The number of hydrogen-bond acceptors (Lipinski definition) is 3. The Morgan fingerprint density at radius 2 is 2.04 bits per heavy atom. The second-order valence-electron chi connectivity index (χ2n) is 8.71. The maximum absolute atomic E-state index is 12.9. The lowest BCUT2D eigenvalue weighted by molar-refractivity contribution is -0.147. The Morgan fingerprint density at radius 3 is 2.64 bits per heavy atom. The Kier molecular flexibility index (Phi) is 7.69. The fourth-order valence-electron chi connectivity index (χ4n) is 4.78. The van der Waals surface area contributed by atoms with E-state index in [1.807, 2.05) is 12.1 Å². The van der Waals surface area contributed by atoms with Crippen molar-refractivity contribution in [3.63, 3.8) is 0 Å². The summed E-state index contributed by atoms with van der Waals surface area (Å²) in [6.07, 6.45) is 5.96. The van der Waals surface area contributed by atoms with Crippen LogP contribution in [0, 0.1) is 5.92 Å². The summed E-state index contributed by atoms with van der Waals surface area (Å²) >= 11 is 6.48. The molecule has 3 rings (SSSR count). The number of rotatable bonds is 6. The highest BCUT2D eigenvalue weighted by atomic mass is 35.5. The molecule has 1 fully saturated rings. The van der Waals surface area contributed by atoms with E-state index in [-0.39, 0.29) is 23.9 Å². The van der Waals surface area contributed by atoms with Crippen LogP contribution in [0.15, 0.2) is 12.1 Å². The molecule has 0 bridgehead atoms. The normalized spacial score (nSPS) is 21.0. The number of unbranched alkanes of at least 4 members (excludes halogenated alkanes) is 1. The molecule has 158 valence electrons. The van der Waals surface area contributed by atoms with Gasteiger partial charge in [0.05, 0.1) is 5.41 Å². The number of aliphatic carboxylic acids is 1. The second-order valence-corrected chi connectivity index (χ2v) is 9.14. The molecule has 1 saturated heterocycles. The van der Waals surface area contributed by atoms with Crippen molar-refractivity contribution in [3.8, 4) is 5.75 Å². The Bertz CT molecular complexity index is 701. The number of halogens is 2. The number of piperidine rings is 1. The van der Waals surface area contributed by atoms with Crippen LogP contribution in [0.1, 0.15) is 70.4 Å². The lowest BCUT2D eigenvalue weighted by Crippen LogP contribution is -2.48. The van der Waals surface area contributed by atoms with Gasteiger partial charge in [0.25, 0.3) is 0 Å². The predicted octanol–water partition coefficient (Wildman–Crippen LogP) is 5.38. The van der Waals surface area contributed by atoms with Crippen molar-refractivity contribution >= 4 is 30.0 Å². The average molecular weight is 430 g/mol. The van der Waals surface area contributed by atoms with Gasteiger partial charge in [0.2, 0.25) is 0 Å². The Morgan fingerprint density at radius 1 is 1.36 bits per heavy atom. The highest BCUT2D eigenvalue weighted by Gasteiger charge is 2.50. The van der Waals surface area contributed by atoms with E-state index < -0.39 is 11.4 Å². The molecule has 2 N–H and O–H groups in total. The summed E-state index contributed by atoms with van der Waals surface area (Å²) in [6.45, 7) is 7.99. The molecule has 1 aromatic rings. The molecule has 0 saturated carbocycles. The van der Waals surface area contributed by atoms with Crippen molar-refractivity contribution in [1.82, 2.24) is 5.32 Å². The van der Waals surface area contributed by atoms with Gasteiger partial charge in [0.15, 0.2) is 0 Å². The van der Waals surface area contributed by atoms with Crippen molar-refractivity contribution in [2.75, 3.05) is 13.1 Å². The van der Waals surface area contributed by atoms with Crippen LogP contribution in [0.4, 0.5) is 0 Å². The van der Waals surface area contributed by atoms with Crippen molar-refractivity contribution in [2.45, 2.75) is 76.7 Å². The van der Waals surface area contributed by atoms with Crippen LogP contribution in [-0.4, -0.2) is 29.8 Å². The molecule has 1 aromatic carbocycles. The molecule has 2 aliphatic rings. The number of benzene rings is 1. The molecule has 0 aliphatic carbocycles. The highest BCUT2D eigenvalue weighted by Crippen LogP contribution is 2.50. The van der Waals surface area contributed by atoms with Crippen molar-refractivity contribution in [1.29, 1.82) is 0 Å². The highest BCUT2D eigenvalue weighted by molar-refractivity contribution is 6.30. The summed E-state index contributed by atoms with van der Waals surface area (Å²) in [5, 5.41) is 14.5. The van der Waals surface area contributed by atoms with E-state index in [2.05, 4.69) is 26.1 Å². The first-order valence-corrected chi connectivity index (χ1v) is 10.6. The number of hydrogen-bond donors (Lipinski definition) is 2. The predicted molar refractivity (Wildman–Crippen MR) is 116 cm³/mol. The molecule has 0 amide bonds. The van der Waals surface area contributed by atoms with Gasteiger partial charge < -0.3 is 15.2 Å². The van der Waals surface area contributed by atoms with Gasteiger partial charge in [-0.3, -0.25) is 4.79 Å². The Labute approximate surface area is 179 Å². The fourth-order valence-corrected chi connectivity index (χ4v) is 5.02. The largest absolute Gasteiger partial charge is 0.487 e. The van der Waals surface area contributed by atoms with Gasteiger partial charge in [-0.2, -0.15) is 0 Å². The molecule has 1 unspecified atom stereocenters. The van der Waals surface area contributed by atoms with Crippen LogP contribution in [0.3, 0.4) is 0 Å². The van der Waals surface area contributed by atoms with E-state index in [0.717, 1.165) is 68.5 Å². The quantitative estimate of drug-likeness (QED) is 0.637. The molecule has 2 aliphatic heterocycles. The van der Waals surface area contributed by atoms with Gasteiger partial charge in [0.1, 0.15) is 11.4 Å². The fraction of sp³-hybridized carbons (Fsp3) is 0.682. The van der Waals surface area contributed by atoms with Gasteiger partial charge in [-0.15, -0.1) is 12.4 Å². The minimum Gasteiger partial charge on any atom is -0.487 e. The van der Waals surface area contributed by atoms with E-state index in [9.17, 15) is 9.90 Å². The van der Waals surface area contributed by atoms with Crippen LogP contribution in [-0.2, 0) is 16.6 Å². The van der Waals surface area contributed by atoms with Crippen LogP contribution >= 0.6 is 24.0 Å². The van der Waals surface area contributed by atoms with Gasteiger partial charge in [-0.25, -0.2) is 0 Å². The maximum atomic E-state index is 12.9. The topological polar surface area (TPSA) is 58.6 Å². The molecular weight excluding hydrogens is 397 g/mol. The van der Waals surface area contributed by atoms with Gasteiger partial charge in [-0.05, 0) is 82.7 Å². The smallest absolute Gasteiger partial charge is 0.314 e. The first kappa shape index (κ1) is 23.3. The minimum absolute atomic E-state index is 0. The van der Waals surface area contributed by atoms with Gasteiger partial charge in [0, 0.05) is 10.6 Å². The lowest BCUT2D eigenvalue weighted by atomic mass is 9.63.